The van der Waals surface area contributed by atoms with E-state index in [2.05, 4.69) is 10.4 Å². The summed E-state index contributed by atoms with van der Waals surface area (Å²) in [5.41, 5.74) is 1.75. The number of sulfonamides is 1. The number of amides is 1. The second-order valence-corrected chi connectivity index (χ2v) is 9.03. The van der Waals surface area contributed by atoms with Crippen molar-refractivity contribution in [3.05, 3.63) is 71.9 Å². The first-order valence-corrected chi connectivity index (χ1v) is 10.8. The maximum absolute atomic E-state index is 13.1. The number of nitrogens with zero attached hydrogens (tertiary/aromatic N) is 3. The van der Waals surface area contributed by atoms with E-state index in [1.807, 2.05) is 6.92 Å². The zero-order valence-electron chi connectivity index (χ0n) is 16.0. The molecule has 3 heterocycles. The number of hydrogen-bond acceptors (Lipinski definition) is 5. The summed E-state index contributed by atoms with van der Waals surface area (Å²) in [5, 5.41) is 7.10. The van der Waals surface area contributed by atoms with Crippen LogP contribution in [-0.2, 0) is 27.9 Å². The van der Waals surface area contributed by atoms with E-state index in [9.17, 15) is 13.2 Å². The lowest BCUT2D eigenvalue weighted by Crippen LogP contribution is -2.42. The molecule has 1 aliphatic heterocycles. The SMILES string of the molecule is Cc1ccc(S(=O)(=O)N2Cc3ccnn3[C@H](CC(=O)NCc3ccco3)C2)cc1. The van der Waals surface area contributed by atoms with Crippen LogP contribution in [0.15, 0.2) is 64.2 Å². The summed E-state index contributed by atoms with van der Waals surface area (Å²) in [7, 11) is -3.67. The number of aryl methyl sites for hydroxylation is 1. The van der Waals surface area contributed by atoms with Gasteiger partial charge in [-0.3, -0.25) is 9.48 Å². The Kier molecular flexibility index (Phi) is 5.25. The molecule has 9 heteroatoms. The van der Waals surface area contributed by atoms with Crippen molar-refractivity contribution in [2.24, 2.45) is 0 Å². The Hall–Kier alpha value is -2.91. The summed E-state index contributed by atoms with van der Waals surface area (Å²) in [5.74, 6) is 0.466. The van der Waals surface area contributed by atoms with Gasteiger partial charge in [-0.25, -0.2) is 8.42 Å². The Bertz CT molecular complexity index is 1090. The van der Waals surface area contributed by atoms with Crippen molar-refractivity contribution >= 4 is 15.9 Å². The second-order valence-electron chi connectivity index (χ2n) is 7.09. The van der Waals surface area contributed by atoms with E-state index < -0.39 is 10.0 Å². The Morgan fingerprint density at radius 1 is 1.24 bits per heavy atom. The Labute approximate surface area is 169 Å². The van der Waals surface area contributed by atoms with Crippen molar-refractivity contribution < 1.29 is 17.6 Å². The number of carbonyl (C=O) groups is 1. The molecule has 3 aromatic rings. The number of benzene rings is 1. The zero-order valence-corrected chi connectivity index (χ0v) is 16.8. The Morgan fingerprint density at radius 3 is 2.76 bits per heavy atom. The maximum atomic E-state index is 13.1. The van der Waals surface area contributed by atoms with Gasteiger partial charge >= 0.3 is 0 Å². The van der Waals surface area contributed by atoms with Crippen molar-refractivity contribution in [3.8, 4) is 0 Å². The van der Waals surface area contributed by atoms with Gasteiger partial charge in [0.25, 0.3) is 0 Å². The Balaban J connectivity index is 1.51. The van der Waals surface area contributed by atoms with E-state index in [-0.39, 0.29) is 42.9 Å². The standard InChI is InChI=1S/C20H22N4O4S/c1-15-4-6-19(7-5-15)29(26,27)23-13-16-8-9-22-24(16)17(14-23)11-20(25)21-12-18-3-2-10-28-18/h2-10,17H,11-14H2,1H3,(H,21,25)/t17-/m1/s1. The van der Waals surface area contributed by atoms with Gasteiger partial charge in [0, 0.05) is 12.7 Å². The van der Waals surface area contributed by atoms with Crippen molar-refractivity contribution in [2.45, 2.75) is 37.4 Å². The molecule has 1 atom stereocenters. The van der Waals surface area contributed by atoms with E-state index in [4.69, 9.17) is 4.42 Å². The number of carbonyl (C=O) groups excluding carboxylic acids is 1. The van der Waals surface area contributed by atoms with Gasteiger partial charge in [0.2, 0.25) is 15.9 Å². The van der Waals surface area contributed by atoms with Crippen LogP contribution in [0, 0.1) is 6.92 Å². The largest absolute Gasteiger partial charge is 0.467 e. The van der Waals surface area contributed by atoms with Gasteiger partial charge in [-0.2, -0.15) is 9.40 Å². The van der Waals surface area contributed by atoms with Crippen LogP contribution in [0.4, 0.5) is 0 Å². The zero-order chi connectivity index (χ0) is 20.4. The van der Waals surface area contributed by atoms with Gasteiger partial charge in [-0.05, 0) is 37.3 Å². The molecule has 0 bridgehead atoms. The third kappa shape index (κ3) is 4.10. The molecule has 0 aliphatic carbocycles. The van der Waals surface area contributed by atoms with Crippen LogP contribution in [-0.4, -0.2) is 35.0 Å². The summed E-state index contributed by atoms with van der Waals surface area (Å²) in [6, 6.07) is 11.7. The highest BCUT2D eigenvalue weighted by atomic mass is 32.2. The van der Waals surface area contributed by atoms with Crippen LogP contribution in [0.1, 0.15) is 29.5 Å². The fourth-order valence-electron chi connectivity index (χ4n) is 3.43. The molecule has 8 nitrogen and oxygen atoms in total. The van der Waals surface area contributed by atoms with Crippen LogP contribution >= 0.6 is 0 Å². The number of fused-ring (bicyclic) bond motifs is 1. The maximum Gasteiger partial charge on any atom is 0.243 e. The minimum Gasteiger partial charge on any atom is -0.467 e. The van der Waals surface area contributed by atoms with E-state index in [1.54, 1.807) is 59.6 Å². The van der Waals surface area contributed by atoms with Gasteiger partial charge in [-0.15, -0.1) is 0 Å². The molecule has 1 aromatic carbocycles. The first-order chi connectivity index (χ1) is 13.9. The lowest BCUT2D eigenvalue weighted by atomic mass is 10.1. The molecule has 4 rings (SSSR count). The monoisotopic (exact) mass is 414 g/mol. The fourth-order valence-corrected chi connectivity index (χ4v) is 4.88. The molecule has 0 saturated carbocycles. The number of nitrogens with one attached hydrogen (secondary N) is 1. The molecule has 1 N–H and O–H groups in total. The smallest absolute Gasteiger partial charge is 0.243 e. The van der Waals surface area contributed by atoms with E-state index in [0.717, 1.165) is 11.3 Å². The summed E-state index contributed by atoms with van der Waals surface area (Å²) < 4.78 is 34.6. The molecule has 0 fully saturated rings. The first kappa shape index (κ1) is 19.4. The van der Waals surface area contributed by atoms with Gasteiger partial charge in [0.1, 0.15) is 5.76 Å². The lowest BCUT2D eigenvalue weighted by molar-refractivity contribution is -0.122. The predicted molar refractivity (Wildman–Crippen MR) is 105 cm³/mol. The normalized spacial score (nSPS) is 17.1. The van der Waals surface area contributed by atoms with E-state index in [0.29, 0.717) is 5.76 Å². The van der Waals surface area contributed by atoms with Crippen molar-refractivity contribution in [3.63, 3.8) is 0 Å². The molecule has 0 unspecified atom stereocenters. The number of aromatic nitrogens is 2. The molecule has 0 spiro atoms. The van der Waals surface area contributed by atoms with E-state index in [1.165, 1.54) is 4.31 Å². The third-order valence-corrected chi connectivity index (χ3v) is 6.80. The average molecular weight is 414 g/mol. The highest BCUT2D eigenvalue weighted by Crippen LogP contribution is 2.28. The minimum absolute atomic E-state index is 0.120. The van der Waals surface area contributed by atoms with Crippen LogP contribution in [0.3, 0.4) is 0 Å². The van der Waals surface area contributed by atoms with Gasteiger partial charge in [0.15, 0.2) is 0 Å². The fraction of sp³-hybridized carbons (Fsp3) is 0.300. The van der Waals surface area contributed by atoms with Crippen LogP contribution < -0.4 is 5.32 Å². The van der Waals surface area contributed by atoms with Crippen LogP contribution in [0.25, 0.3) is 0 Å². The van der Waals surface area contributed by atoms with Gasteiger partial charge in [0.05, 0.1) is 42.4 Å². The average Bonchev–Trinajstić information content (AvgIpc) is 3.38. The predicted octanol–water partition coefficient (Wildman–Crippen LogP) is 2.24. The molecule has 1 amide bonds. The summed E-state index contributed by atoms with van der Waals surface area (Å²) in [6.07, 6.45) is 3.30. The lowest BCUT2D eigenvalue weighted by Gasteiger charge is -2.33. The summed E-state index contributed by atoms with van der Waals surface area (Å²) >= 11 is 0. The molecule has 29 heavy (non-hydrogen) atoms. The van der Waals surface area contributed by atoms with Crippen molar-refractivity contribution in [1.82, 2.24) is 19.4 Å². The van der Waals surface area contributed by atoms with Crippen molar-refractivity contribution in [2.75, 3.05) is 6.54 Å². The van der Waals surface area contributed by atoms with Gasteiger partial charge in [-0.1, -0.05) is 17.7 Å². The molecule has 152 valence electrons. The summed E-state index contributed by atoms with van der Waals surface area (Å²) in [6.45, 7) is 2.60. The quantitative estimate of drug-likeness (QED) is 0.667. The minimum atomic E-state index is -3.67. The Morgan fingerprint density at radius 2 is 2.03 bits per heavy atom. The third-order valence-electron chi connectivity index (χ3n) is 4.97. The molecular weight excluding hydrogens is 392 g/mol. The van der Waals surface area contributed by atoms with Gasteiger partial charge < -0.3 is 9.73 Å². The van der Waals surface area contributed by atoms with E-state index >= 15 is 0 Å². The van der Waals surface area contributed by atoms with Crippen LogP contribution in [0.5, 0.6) is 0 Å². The highest BCUT2D eigenvalue weighted by molar-refractivity contribution is 7.89. The topological polar surface area (TPSA) is 97.4 Å². The molecule has 0 radical (unpaired) electrons. The van der Waals surface area contributed by atoms with Crippen LogP contribution in [0.2, 0.25) is 0 Å². The number of furan rings is 1. The summed E-state index contributed by atoms with van der Waals surface area (Å²) in [4.78, 5) is 12.7. The molecule has 2 aromatic heterocycles. The molecular formula is C20H22N4O4S. The highest BCUT2D eigenvalue weighted by Gasteiger charge is 2.34. The molecule has 1 aliphatic rings. The first-order valence-electron chi connectivity index (χ1n) is 9.32. The molecule has 0 saturated heterocycles. The number of rotatable bonds is 6. The van der Waals surface area contributed by atoms with Crippen molar-refractivity contribution in [1.29, 1.82) is 0 Å². The second kappa shape index (κ2) is 7.84. The number of hydrogen-bond donors (Lipinski definition) is 1.